The number of anilines is 2. The molecule has 4 aromatic carbocycles. The molecule has 0 bridgehead atoms. The number of hydrogen-bond donors (Lipinski definition) is 2. The fourth-order valence-corrected chi connectivity index (χ4v) is 5.42. The summed E-state index contributed by atoms with van der Waals surface area (Å²) in [5, 5.41) is 5.24. The highest BCUT2D eigenvalue weighted by Crippen LogP contribution is 2.22. The van der Waals surface area contributed by atoms with E-state index >= 15 is 0 Å². The zero-order valence-corrected chi connectivity index (χ0v) is 22.8. The Labute approximate surface area is 227 Å². The lowest BCUT2D eigenvalue weighted by Crippen LogP contribution is -2.19. The van der Waals surface area contributed by atoms with E-state index in [0.29, 0.717) is 16.9 Å². The molecule has 0 radical (unpaired) electrons. The molecule has 0 atom stereocenters. The second kappa shape index (κ2) is 11.6. The number of carbonyl (C=O) groups excluding carboxylic acids is 1. The Morgan fingerprint density at radius 1 is 0.615 bits per heavy atom. The van der Waals surface area contributed by atoms with E-state index in [2.05, 4.69) is 10.6 Å². The van der Waals surface area contributed by atoms with Gasteiger partial charge in [-0.2, -0.15) is 16.8 Å². The number of aryl methyl sites for hydroxylation is 2. The molecule has 4 aromatic rings. The fourth-order valence-electron chi connectivity index (χ4n) is 3.43. The molecule has 0 aliphatic rings. The molecule has 0 saturated carbocycles. The van der Waals surface area contributed by atoms with Gasteiger partial charge in [0, 0.05) is 11.4 Å². The van der Waals surface area contributed by atoms with Crippen LogP contribution in [0.3, 0.4) is 0 Å². The molecule has 0 heterocycles. The fraction of sp³-hybridized carbons (Fsp3) is 0.107. The van der Waals surface area contributed by atoms with Crippen LogP contribution in [-0.4, -0.2) is 22.9 Å². The molecular formula is C28H26N2O7S2. The Hall–Kier alpha value is -4.35. The van der Waals surface area contributed by atoms with Crippen molar-refractivity contribution in [1.29, 1.82) is 0 Å². The lowest BCUT2D eigenvalue weighted by Gasteiger charge is -2.11. The smallest absolute Gasteiger partial charge is 0.339 e. The molecule has 0 spiro atoms. The highest BCUT2D eigenvalue weighted by Gasteiger charge is 2.17. The summed E-state index contributed by atoms with van der Waals surface area (Å²) in [7, 11) is -7.84. The normalized spacial score (nSPS) is 11.4. The minimum atomic E-state index is -3.99. The predicted octanol–water partition coefficient (Wildman–Crippen LogP) is 5.62. The number of rotatable bonds is 9. The van der Waals surface area contributed by atoms with Crippen LogP contribution in [-0.2, 0) is 26.0 Å². The van der Waals surface area contributed by atoms with Gasteiger partial charge in [0.1, 0.15) is 22.1 Å². The van der Waals surface area contributed by atoms with Crippen LogP contribution in [0.4, 0.5) is 16.2 Å². The number of hydrogen-bond acceptors (Lipinski definition) is 7. The average molecular weight is 567 g/mol. The lowest BCUT2D eigenvalue weighted by atomic mass is 10.2. The zero-order chi connectivity index (χ0) is 28.0. The second-order valence-corrected chi connectivity index (χ2v) is 11.9. The minimum absolute atomic E-state index is 0.0370. The number of nitrogens with one attached hydrogen (secondary N) is 2. The van der Waals surface area contributed by atoms with Gasteiger partial charge in [0.25, 0.3) is 0 Å². The van der Waals surface area contributed by atoms with Gasteiger partial charge in [-0.1, -0.05) is 47.5 Å². The monoisotopic (exact) mass is 566 g/mol. The number of urea groups is 1. The first-order chi connectivity index (χ1) is 18.5. The summed E-state index contributed by atoms with van der Waals surface area (Å²) in [5.74, 6) is -0.0593. The van der Waals surface area contributed by atoms with Crippen molar-refractivity contribution < 1.29 is 30.0 Å². The maximum Gasteiger partial charge on any atom is 0.339 e. The SMILES string of the molecule is Cc1ccc(CS(=O)(=O)Oc2ccc(NC(=O)Nc3ccc(OS(=O)(=O)c4ccc(C)cc4)cc3)cc2)cc1. The van der Waals surface area contributed by atoms with Gasteiger partial charge in [-0.25, -0.2) is 4.79 Å². The van der Waals surface area contributed by atoms with Crippen molar-refractivity contribution in [2.24, 2.45) is 0 Å². The molecule has 0 saturated heterocycles. The molecule has 4 rings (SSSR count). The van der Waals surface area contributed by atoms with Gasteiger partial charge in [0.15, 0.2) is 0 Å². The Morgan fingerprint density at radius 3 is 1.54 bits per heavy atom. The zero-order valence-electron chi connectivity index (χ0n) is 21.1. The summed E-state index contributed by atoms with van der Waals surface area (Å²) in [6, 6.07) is 24.6. The first-order valence-electron chi connectivity index (χ1n) is 11.7. The summed E-state index contributed by atoms with van der Waals surface area (Å²) in [4.78, 5) is 12.4. The maximum atomic E-state index is 12.4. The van der Waals surface area contributed by atoms with Gasteiger partial charge in [-0.05, 0) is 80.1 Å². The highest BCUT2D eigenvalue weighted by molar-refractivity contribution is 7.87. The predicted molar refractivity (Wildman–Crippen MR) is 149 cm³/mol. The van der Waals surface area contributed by atoms with Crippen LogP contribution in [0.15, 0.2) is 102 Å². The molecule has 202 valence electrons. The molecule has 0 aromatic heterocycles. The largest absolute Gasteiger partial charge is 0.382 e. The van der Waals surface area contributed by atoms with Crippen LogP contribution < -0.4 is 19.0 Å². The molecule has 11 heteroatoms. The lowest BCUT2D eigenvalue weighted by molar-refractivity contribution is 0.262. The van der Waals surface area contributed by atoms with Gasteiger partial charge >= 0.3 is 26.3 Å². The summed E-state index contributed by atoms with van der Waals surface area (Å²) < 4.78 is 59.9. The van der Waals surface area contributed by atoms with Crippen molar-refractivity contribution in [3.8, 4) is 11.5 Å². The molecule has 9 nitrogen and oxygen atoms in total. The van der Waals surface area contributed by atoms with Crippen LogP contribution in [0, 0.1) is 13.8 Å². The molecule has 2 amide bonds. The van der Waals surface area contributed by atoms with Crippen LogP contribution in [0.1, 0.15) is 16.7 Å². The summed E-state index contributed by atoms with van der Waals surface area (Å²) in [5.41, 5.74) is 3.37. The Kier molecular flexibility index (Phi) is 8.22. The highest BCUT2D eigenvalue weighted by atomic mass is 32.2. The van der Waals surface area contributed by atoms with Crippen molar-refractivity contribution in [2.45, 2.75) is 24.5 Å². The number of carbonyl (C=O) groups is 1. The summed E-state index contributed by atoms with van der Waals surface area (Å²) >= 11 is 0. The molecule has 2 N–H and O–H groups in total. The molecule has 0 aliphatic carbocycles. The summed E-state index contributed by atoms with van der Waals surface area (Å²) in [6.45, 7) is 3.77. The van der Waals surface area contributed by atoms with E-state index in [9.17, 15) is 21.6 Å². The van der Waals surface area contributed by atoms with Crippen molar-refractivity contribution in [3.63, 3.8) is 0 Å². The van der Waals surface area contributed by atoms with E-state index in [1.165, 1.54) is 60.7 Å². The van der Waals surface area contributed by atoms with Gasteiger partial charge in [0.2, 0.25) is 0 Å². The van der Waals surface area contributed by atoms with Crippen molar-refractivity contribution in [1.82, 2.24) is 0 Å². The van der Waals surface area contributed by atoms with Gasteiger partial charge in [-0.15, -0.1) is 0 Å². The Balaban J connectivity index is 1.29. The third-order valence-corrected chi connectivity index (χ3v) is 7.82. The third-order valence-electron chi connectivity index (χ3n) is 5.43. The van der Waals surface area contributed by atoms with E-state index in [1.807, 2.05) is 26.0 Å². The first kappa shape index (κ1) is 27.7. The number of benzene rings is 4. The molecule has 0 unspecified atom stereocenters. The minimum Gasteiger partial charge on any atom is -0.382 e. The van der Waals surface area contributed by atoms with E-state index in [-0.39, 0.29) is 22.1 Å². The Morgan fingerprint density at radius 2 is 1.05 bits per heavy atom. The molecule has 39 heavy (non-hydrogen) atoms. The quantitative estimate of drug-likeness (QED) is 0.252. The van der Waals surface area contributed by atoms with Crippen molar-refractivity contribution in [2.75, 3.05) is 10.6 Å². The third kappa shape index (κ3) is 8.06. The topological polar surface area (TPSA) is 128 Å². The molecule has 0 fully saturated rings. The van der Waals surface area contributed by atoms with Gasteiger partial charge < -0.3 is 19.0 Å². The Bertz CT molecular complexity index is 1650. The molecule has 0 aliphatic heterocycles. The van der Waals surface area contributed by atoms with Crippen molar-refractivity contribution in [3.05, 3.63) is 114 Å². The van der Waals surface area contributed by atoms with E-state index < -0.39 is 26.3 Å². The van der Waals surface area contributed by atoms with E-state index in [4.69, 9.17) is 8.37 Å². The molecular weight excluding hydrogens is 540 g/mol. The van der Waals surface area contributed by atoms with Crippen LogP contribution in [0.5, 0.6) is 11.5 Å². The van der Waals surface area contributed by atoms with Gasteiger partial charge in [0.05, 0.1) is 0 Å². The maximum absolute atomic E-state index is 12.4. The summed E-state index contributed by atoms with van der Waals surface area (Å²) in [6.07, 6.45) is 0. The first-order valence-corrected chi connectivity index (χ1v) is 14.7. The second-order valence-electron chi connectivity index (χ2n) is 8.75. The van der Waals surface area contributed by atoms with Crippen LogP contribution in [0.25, 0.3) is 0 Å². The van der Waals surface area contributed by atoms with E-state index in [1.54, 1.807) is 24.3 Å². The number of amides is 2. The average Bonchev–Trinajstić information content (AvgIpc) is 2.87. The standard InChI is InChI=1S/C28H26N2O7S2/c1-20-3-7-22(8-4-20)19-38(32,33)36-25-13-9-23(10-14-25)29-28(31)30-24-11-15-26(16-12-24)37-39(34,35)27-17-5-21(2)6-18-27/h3-18H,19H2,1-2H3,(H2,29,30,31). The van der Waals surface area contributed by atoms with Crippen molar-refractivity contribution >= 4 is 37.6 Å². The van der Waals surface area contributed by atoms with Crippen LogP contribution in [0.2, 0.25) is 0 Å². The van der Waals surface area contributed by atoms with Gasteiger partial charge in [-0.3, -0.25) is 0 Å². The van der Waals surface area contributed by atoms with Crippen LogP contribution >= 0.6 is 0 Å². The van der Waals surface area contributed by atoms with E-state index in [0.717, 1.165) is 11.1 Å².